The van der Waals surface area contributed by atoms with E-state index in [-0.39, 0.29) is 6.61 Å². The van der Waals surface area contributed by atoms with E-state index in [9.17, 15) is 9.59 Å². The SMILES string of the molecule is O=C(COc1ccc(-c2ccccc2)cc1)N/N=C\c1cccc(OC(=O)c2ccccc2)c1. The van der Waals surface area contributed by atoms with E-state index in [0.29, 0.717) is 22.6 Å². The van der Waals surface area contributed by atoms with E-state index in [4.69, 9.17) is 9.47 Å². The van der Waals surface area contributed by atoms with Gasteiger partial charge in [0.15, 0.2) is 6.61 Å². The molecule has 1 amide bonds. The number of hydrogen-bond acceptors (Lipinski definition) is 5. The van der Waals surface area contributed by atoms with Crippen molar-refractivity contribution in [3.63, 3.8) is 0 Å². The maximum absolute atomic E-state index is 12.2. The predicted molar refractivity (Wildman–Crippen MR) is 131 cm³/mol. The average Bonchev–Trinajstić information content (AvgIpc) is 2.89. The van der Waals surface area contributed by atoms with Crippen molar-refractivity contribution in [3.8, 4) is 22.6 Å². The summed E-state index contributed by atoms with van der Waals surface area (Å²) in [6.07, 6.45) is 1.46. The van der Waals surface area contributed by atoms with Crippen LogP contribution in [0.3, 0.4) is 0 Å². The van der Waals surface area contributed by atoms with Crippen molar-refractivity contribution in [2.45, 2.75) is 0 Å². The summed E-state index contributed by atoms with van der Waals surface area (Å²) >= 11 is 0. The van der Waals surface area contributed by atoms with Crippen LogP contribution in [0.4, 0.5) is 0 Å². The van der Waals surface area contributed by atoms with Gasteiger partial charge in [-0.1, -0.05) is 72.8 Å². The summed E-state index contributed by atoms with van der Waals surface area (Å²) in [5.74, 6) is 0.130. The van der Waals surface area contributed by atoms with Crippen molar-refractivity contribution in [1.82, 2.24) is 5.43 Å². The zero-order chi connectivity index (χ0) is 23.6. The van der Waals surface area contributed by atoms with Crippen molar-refractivity contribution in [3.05, 3.63) is 120 Å². The summed E-state index contributed by atoms with van der Waals surface area (Å²) in [5, 5.41) is 3.94. The zero-order valence-corrected chi connectivity index (χ0v) is 18.3. The van der Waals surface area contributed by atoms with Crippen LogP contribution in [0.1, 0.15) is 15.9 Å². The molecule has 0 aliphatic carbocycles. The molecule has 0 unspecified atom stereocenters. The number of ether oxygens (including phenoxy) is 2. The van der Waals surface area contributed by atoms with Gasteiger partial charge in [0.1, 0.15) is 11.5 Å². The Kier molecular flexibility index (Phi) is 7.43. The predicted octanol–water partition coefficient (Wildman–Crippen LogP) is 5.10. The molecule has 0 bridgehead atoms. The largest absolute Gasteiger partial charge is 0.484 e. The van der Waals surface area contributed by atoms with Crippen molar-refractivity contribution in [2.75, 3.05) is 6.61 Å². The topological polar surface area (TPSA) is 77.0 Å². The standard InChI is InChI=1S/C28H22N2O4/c31-27(20-33-25-16-14-23(15-17-25)22-9-3-1-4-10-22)30-29-19-21-8-7-13-26(18-21)34-28(32)24-11-5-2-6-12-24/h1-19H,20H2,(H,30,31)/b29-19-. The molecule has 0 atom stereocenters. The van der Waals surface area contributed by atoms with Crippen LogP contribution < -0.4 is 14.9 Å². The lowest BCUT2D eigenvalue weighted by molar-refractivity contribution is -0.123. The number of amides is 1. The minimum atomic E-state index is -0.447. The lowest BCUT2D eigenvalue weighted by Gasteiger charge is -2.07. The fourth-order valence-electron chi connectivity index (χ4n) is 3.13. The van der Waals surface area contributed by atoms with Gasteiger partial charge in [0.05, 0.1) is 11.8 Å². The third kappa shape index (κ3) is 6.40. The Bertz CT molecular complexity index is 1270. The second kappa shape index (κ2) is 11.2. The van der Waals surface area contributed by atoms with E-state index in [1.807, 2.05) is 60.7 Å². The van der Waals surface area contributed by atoms with Crippen molar-refractivity contribution >= 4 is 18.1 Å². The fourth-order valence-corrected chi connectivity index (χ4v) is 3.13. The molecule has 1 N–H and O–H groups in total. The summed E-state index contributed by atoms with van der Waals surface area (Å²) in [5.41, 5.74) is 5.73. The Labute approximate surface area is 197 Å². The monoisotopic (exact) mass is 450 g/mol. The molecule has 0 radical (unpaired) electrons. The molecule has 0 aliphatic rings. The molecular formula is C28H22N2O4. The lowest BCUT2D eigenvalue weighted by Crippen LogP contribution is -2.24. The molecule has 0 heterocycles. The number of nitrogens with one attached hydrogen (secondary N) is 1. The third-order valence-electron chi connectivity index (χ3n) is 4.81. The van der Waals surface area contributed by atoms with Gasteiger partial charge in [0, 0.05) is 0 Å². The van der Waals surface area contributed by atoms with Crippen molar-refractivity contribution in [2.24, 2.45) is 5.10 Å². The molecule has 4 aromatic carbocycles. The van der Waals surface area contributed by atoms with E-state index >= 15 is 0 Å². The van der Waals surface area contributed by atoms with E-state index in [0.717, 1.165) is 11.1 Å². The minimum Gasteiger partial charge on any atom is -0.484 e. The van der Waals surface area contributed by atoms with Gasteiger partial charge in [-0.05, 0) is 53.1 Å². The summed E-state index contributed by atoms with van der Waals surface area (Å²) in [6.45, 7) is -0.170. The Morgan fingerprint density at radius 1 is 0.735 bits per heavy atom. The van der Waals surface area contributed by atoms with Crippen LogP contribution in [0, 0.1) is 0 Å². The van der Waals surface area contributed by atoms with Crippen molar-refractivity contribution < 1.29 is 19.1 Å². The Morgan fingerprint density at radius 3 is 2.15 bits per heavy atom. The molecular weight excluding hydrogens is 428 g/mol. The molecule has 0 saturated heterocycles. The van der Waals surface area contributed by atoms with Crippen LogP contribution >= 0.6 is 0 Å². The summed E-state index contributed by atoms with van der Waals surface area (Å²) < 4.78 is 10.9. The molecule has 6 nitrogen and oxygen atoms in total. The third-order valence-corrected chi connectivity index (χ3v) is 4.81. The fraction of sp³-hybridized carbons (Fsp3) is 0.0357. The van der Waals surface area contributed by atoms with Gasteiger partial charge in [0.25, 0.3) is 5.91 Å². The zero-order valence-electron chi connectivity index (χ0n) is 18.3. The molecule has 0 fully saturated rings. The highest BCUT2D eigenvalue weighted by molar-refractivity contribution is 5.91. The molecule has 6 heteroatoms. The Hall–Kier alpha value is -4.71. The van der Waals surface area contributed by atoms with E-state index in [1.165, 1.54) is 6.21 Å². The highest BCUT2D eigenvalue weighted by Crippen LogP contribution is 2.22. The first-order chi connectivity index (χ1) is 16.7. The summed E-state index contributed by atoms with van der Waals surface area (Å²) in [4.78, 5) is 24.2. The second-order valence-electron chi connectivity index (χ2n) is 7.30. The lowest BCUT2D eigenvalue weighted by atomic mass is 10.1. The normalized spacial score (nSPS) is 10.6. The van der Waals surface area contributed by atoms with E-state index in [1.54, 1.807) is 48.5 Å². The number of esters is 1. The maximum atomic E-state index is 12.2. The first-order valence-corrected chi connectivity index (χ1v) is 10.6. The number of nitrogens with zero attached hydrogens (tertiary/aromatic N) is 1. The first-order valence-electron chi connectivity index (χ1n) is 10.6. The molecule has 34 heavy (non-hydrogen) atoms. The van der Waals surface area contributed by atoms with Crippen LogP contribution in [0.25, 0.3) is 11.1 Å². The number of hydrazone groups is 1. The van der Waals surface area contributed by atoms with E-state index in [2.05, 4.69) is 10.5 Å². The Balaban J connectivity index is 1.25. The van der Waals surface area contributed by atoms with Gasteiger partial charge in [-0.3, -0.25) is 4.79 Å². The number of carbonyl (C=O) groups is 2. The van der Waals surface area contributed by atoms with Crippen molar-refractivity contribution in [1.29, 1.82) is 0 Å². The summed E-state index contributed by atoms with van der Waals surface area (Å²) in [6, 6.07) is 33.1. The first kappa shape index (κ1) is 22.5. The maximum Gasteiger partial charge on any atom is 0.343 e. The molecule has 0 saturated carbocycles. The molecule has 0 spiro atoms. The van der Waals surface area contributed by atoms with Crippen LogP contribution in [-0.4, -0.2) is 24.7 Å². The highest BCUT2D eigenvalue weighted by atomic mass is 16.5. The van der Waals surface area contributed by atoms with Gasteiger partial charge in [0.2, 0.25) is 0 Å². The number of carbonyl (C=O) groups excluding carboxylic acids is 2. The highest BCUT2D eigenvalue weighted by Gasteiger charge is 2.08. The van der Waals surface area contributed by atoms with Gasteiger partial charge in [-0.2, -0.15) is 5.10 Å². The molecule has 4 aromatic rings. The van der Waals surface area contributed by atoms with Gasteiger partial charge >= 0.3 is 5.97 Å². The number of benzene rings is 4. The molecule has 0 aromatic heterocycles. The number of rotatable bonds is 8. The van der Waals surface area contributed by atoms with Crippen LogP contribution in [0.5, 0.6) is 11.5 Å². The minimum absolute atomic E-state index is 0.170. The van der Waals surface area contributed by atoms with Crippen LogP contribution in [-0.2, 0) is 4.79 Å². The van der Waals surface area contributed by atoms with Crippen LogP contribution in [0.15, 0.2) is 114 Å². The Morgan fingerprint density at radius 2 is 1.41 bits per heavy atom. The smallest absolute Gasteiger partial charge is 0.343 e. The van der Waals surface area contributed by atoms with E-state index < -0.39 is 11.9 Å². The van der Waals surface area contributed by atoms with Gasteiger partial charge in [-0.25, -0.2) is 10.2 Å². The van der Waals surface area contributed by atoms with Gasteiger partial charge < -0.3 is 9.47 Å². The average molecular weight is 450 g/mol. The molecule has 168 valence electrons. The molecule has 4 rings (SSSR count). The number of hydrogen-bond donors (Lipinski definition) is 1. The van der Waals surface area contributed by atoms with Crippen LogP contribution in [0.2, 0.25) is 0 Å². The summed E-state index contributed by atoms with van der Waals surface area (Å²) in [7, 11) is 0. The quantitative estimate of drug-likeness (QED) is 0.175. The second-order valence-corrected chi connectivity index (χ2v) is 7.30. The molecule has 0 aliphatic heterocycles. The van der Waals surface area contributed by atoms with Gasteiger partial charge in [-0.15, -0.1) is 0 Å².